The molecule has 0 radical (unpaired) electrons. The lowest BCUT2D eigenvalue weighted by Gasteiger charge is -2.22. The molecule has 236 valence electrons. The van der Waals surface area contributed by atoms with Crippen molar-refractivity contribution in [3.8, 4) is 11.8 Å². The number of likely N-dealkylation sites (N-methyl/N-ethyl adjacent to an activating group) is 1. The number of hydrogen-bond acceptors (Lipinski definition) is 6. The number of likely N-dealkylation sites (tertiary alicyclic amines) is 1. The number of carbonyl (C=O) groups excluding carboxylic acids is 1. The van der Waals surface area contributed by atoms with Crippen LogP contribution in [-0.4, -0.2) is 56.6 Å². The van der Waals surface area contributed by atoms with Gasteiger partial charge in [-0.3, -0.25) is 19.2 Å². The topological polar surface area (TPSA) is 102 Å². The Morgan fingerprint density at radius 3 is 2.76 bits per heavy atom. The minimum atomic E-state index is -0.592. The van der Waals surface area contributed by atoms with E-state index in [-0.39, 0.29) is 8.99 Å². The molecular formula is C35H36FIN8O. The van der Waals surface area contributed by atoms with Gasteiger partial charge in [-0.15, -0.1) is 0 Å². The summed E-state index contributed by atoms with van der Waals surface area (Å²) in [5.74, 6) is 5.19. The summed E-state index contributed by atoms with van der Waals surface area (Å²) >= 11 is 2.41. The Balaban J connectivity index is 1.25. The molecule has 6 rings (SSSR count). The van der Waals surface area contributed by atoms with Crippen molar-refractivity contribution in [3.63, 3.8) is 0 Å². The number of aromatic amines is 1. The average molecular weight is 731 g/mol. The molecule has 1 amide bonds. The predicted molar refractivity (Wildman–Crippen MR) is 188 cm³/mol. The van der Waals surface area contributed by atoms with Crippen molar-refractivity contribution >= 4 is 51.2 Å². The van der Waals surface area contributed by atoms with Crippen LogP contribution in [-0.2, 0) is 9.97 Å². The summed E-state index contributed by atoms with van der Waals surface area (Å²) < 4.78 is 17.0. The maximum absolute atomic E-state index is 15.2. The van der Waals surface area contributed by atoms with Gasteiger partial charge in [-0.2, -0.15) is 5.10 Å². The van der Waals surface area contributed by atoms with Crippen molar-refractivity contribution < 1.29 is 9.18 Å². The lowest BCUT2D eigenvalue weighted by atomic mass is 9.99. The van der Waals surface area contributed by atoms with Gasteiger partial charge in [0, 0.05) is 52.7 Å². The highest BCUT2D eigenvalue weighted by Crippen LogP contribution is 2.34. The lowest BCUT2D eigenvalue weighted by molar-refractivity contribution is 0.102. The third kappa shape index (κ3) is 7.09. The van der Waals surface area contributed by atoms with Crippen molar-refractivity contribution in [1.29, 1.82) is 0 Å². The van der Waals surface area contributed by atoms with Crippen LogP contribution in [0.4, 0.5) is 21.5 Å². The molecule has 3 aromatic heterocycles. The van der Waals surface area contributed by atoms with Crippen LogP contribution in [0.25, 0.3) is 5.65 Å². The largest absolute Gasteiger partial charge is 0.350 e. The van der Waals surface area contributed by atoms with Gasteiger partial charge >= 0.3 is 0 Å². The molecule has 1 aliphatic heterocycles. The van der Waals surface area contributed by atoms with E-state index in [1.807, 2.05) is 41.9 Å². The summed E-state index contributed by atoms with van der Waals surface area (Å²) in [6.45, 7) is 8.83. The Hall–Kier alpha value is -4.25. The van der Waals surface area contributed by atoms with Gasteiger partial charge in [-0.1, -0.05) is 34.6 Å². The summed E-state index contributed by atoms with van der Waals surface area (Å²) in [4.78, 5) is 20.5. The van der Waals surface area contributed by atoms with E-state index in [0.29, 0.717) is 34.2 Å². The van der Waals surface area contributed by atoms with E-state index in [9.17, 15) is 4.79 Å². The molecule has 0 bridgehead atoms. The minimum absolute atomic E-state index is 0.0586. The van der Waals surface area contributed by atoms with E-state index >= 15 is 4.39 Å². The van der Waals surface area contributed by atoms with Gasteiger partial charge in [0.05, 0.1) is 29.3 Å². The molecule has 9 nitrogen and oxygen atoms in total. The number of aryl methyl sites for hydroxylation is 1. The second-order valence-electron chi connectivity index (χ2n) is 12.1. The summed E-state index contributed by atoms with van der Waals surface area (Å²) in [5.41, 5.74) is 6.96. The number of imidazole rings is 1. The molecule has 1 aliphatic rings. The summed E-state index contributed by atoms with van der Waals surface area (Å²) in [5, 5.41) is 16.4. The first-order valence-electron chi connectivity index (χ1n) is 15.2. The number of fused-ring (bicyclic) bond motifs is 1. The Bertz CT molecular complexity index is 1950. The highest BCUT2D eigenvalue weighted by molar-refractivity contribution is 14.1. The zero-order chi connectivity index (χ0) is 32.4. The molecule has 4 heterocycles. The fraction of sp³-hybridized carbons (Fsp3) is 0.286. The molecule has 2 aromatic carbocycles. The Kier molecular flexibility index (Phi) is 9.13. The van der Waals surface area contributed by atoms with Crippen LogP contribution < -0.4 is 16.0 Å². The van der Waals surface area contributed by atoms with Crippen LogP contribution in [0.1, 0.15) is 58.6 Å². The number of rotatable bonds is 8. The Morgan fingerprint density at radius 1 is 1.17 bits per heavy atom. The number of amides is 1. The van der Waals surface area contributed by atoms with E-state index < -0.39 is 11.7 Å². The maximum atomic E-state index is 15.2. The molecule has 1 unspecified atom stereocenters. The van der Waals surface area contributed by atoms with Gasteiger partial charge < -0.3 is 16.0 Å². The number of alkyl halides is 1. The molecule has 0 spiro atoms. The number of benzene rings is 2. The summed E-state index contributed by atoms with van der Waals surface area (Å²) in [6.07, 6.45) is 8.12. The molecule has 0 saturated carbocycles. The third-order valence-corrected chi connectivity index (χ3v) is 8.84. The molecule has 5 aromatic rings. The number of H-pyrrole nitrogens is 1. The van der Waals surface area contributed by atoms with Crippen LogP contribution in [0.2, 0.25) is 0 Å². The van der Waals surface area contributed by atoms with E-state index in [2.05, 4.69) is 90.4 Å². The summed E-state index contributed by atoms with van der Waals surface area (Å²) in [6, 6.07) is 13.4. The smallest absolute Gasteiger partial charge is 0.258 e. The second kappa shape index (κ2) is 13.2. The standard InChI is InChI=1S/C35H36FIN8O/c1-22-12-31(36)30(15-24(22)7-8-29-19-39-33-32(6-5-10-45(29)33)42-28-17-40-41-18-28)34(46)43-27-14-23(13-25(16-27)35(2,3)37)20-44-11-9-26(21-44)38-4/h5-6,10,12-19,26,38,42H,9,11,20-21H2,1-4H3,(H,40,41)(H,43,46). The van der Waals surface area contributed by atoms with Crippen molar-refractivity contribution in [3.05, 3.63) is 107 Å². The predicted octanol–water partition coefficient (Wildman–Crippen LogP) is 6.36. The lowest BCUT2D eigenvalue weighted by Crippen LogP contribution is -2.29. The number of carbonyl (C=O) groups is 1. The first-order valence-corrected chi connectivity index (χ1v) is 16.2. The van der Waals surface area contributed by atoms with Gasteiger partial charge in [-0.25, -0.2) is 9.37 Å². The highest BCUT2D eigenvalue weighted by Gasteiger charge is 2.23. The van der Waals surface area contributed by atoms with Crippen molar-refractivity contribution in [2.45, 2.75) is 43.2 Å². The van der Waals surface area contributed by atoms with Crippen LogP contribution in [0.3, 0.4) is 0 Å². The highest BCUT2D eigenvalue weighted by atomic mass is 127. The number of aromatic nitrogens is 4. The van der Waals surface area contributed by atoms with Gasteiger partial charge in [0.1, 0.15) is 11.5 Å². The van der Waals surface area contributed by atoms with Crippen molar-refractivity contribution in [2.75, 3.05) is 30.8 Å². The first kappa shape index (κ1) is 31.7. The molecular weight excluding hydrogens is 694 g/mol. The SMILES string of the molecule is CNC1CCN(Cc2cc(NC(=O)c3cc(C#Cc4cnc5c(Nc6cn[nH]c6)cccn45)c(C)cc3F)cc(C(C)(C)I)c2)C1. The quantitative estimate of drug-likeness (QED) is 0.0843. The Morgan fingerprint density at radius 2 is 2.02 bits per heavy atom. The van der Waals surface area contributed by atoms with Crippen LogP contribution in [0.15, 0.2) is 67.3 Å². The van der Waals surface area contributed by atoms with Crippen molar-refractivity contribution in [2.24, 2.45) is 0 Å². The van der Waals surface area contributed by atoms with Crippen LogP contribution in [0, 0.1) is 24.6 Å². The average Bonchev–Trinajstić information content (AvgIpc) is 3.78. The number of nitrogens with zero attached hydrogens (tertiary/aromatic N) is 4. The number of nitrogens with one attached hydrogen (secondary N) is 4. The molecule has 4 N–H and O–H groups in total. The van der Waals surface area contributed by atoms with Crippen LogP contribution in [0.5, 0.6) is 0 Å². The van der Waals surface area contributed by atoms with E-state index in [1.54, 1.807) is 25.5 Å². The van der Waals surface area contributed by atoms with Gasteiger partial charge in [0.2, 0.25) is 0 Å². The fourth-order valence-corrected chi connectivity index (χ4v) is 5.97. The number of pyridine rings is 1. The molecule has 0 aliphatic carbocycles. The fourth-order valence-electron chi connectivity index (χ4n) is 5.66. The molecule has 1 saturated heterocycles. The molecule has 1 atom stereocenters. The first-order chi connectivity index (χ1) is 22.1. The van der Waals surface area contributed by atoms with Crippen molar-refractivity contribution in [1.82, 2.24) is 29.8 Å². The second-order valence-corrected chi connectivity index (χ2v) is 14.8. The zero-order valence-corrected chi connectivity index (χ0v) is 28.4. The molecule has 1 fully saturated rings. The summed E-state index contributed by atoms with van der Waals surface area (Å²) in [7, 11) is 2.00. The normalized spacial score (nSPS) is 15.1. The molecule has 11 heteroatoms. The minimum Gasteiger partial charge on any atom is -0.350 e. The van der Waals surface area contributed by atoms with Gasteiger partial charge in [-0.05, 0) is 93.2 Å². The van der Waals surface area contributed by atoms with E-state index in [0.717, 1.165) is 48.6 Å². The number of anilines is 3. The van der Waals surface area contributed by atoms with Gasteiger partial charge in [0.15, 0.2) is 5.65 Å². The zero-order valence-electron chi connectivity index (χ0n) is 26.2. The van der Waals surface area contributed by atoms with E-state index in [1.165, 1.54) is 12.1 Å². The monoisotopic (exact) mass is 730 g/mol. The molecule has 46 heavy (non-hydrogen) atoms. The van der Waals surface area contributed by atoms with Crippen LogP contribution >= 0.6 is 22.6 Å². The Labute approximate surface area is 281 Å². The van der Waals surface area contributed by atoms with Gasteiger partial charge in [0.25, 0.3) is 5.91 Å². The third-order valence-electron chi connectivity index (χ3n) is 8.22. The number of halogens is 2. The number of hydrogen-bond donors (Lipinski definition) is 4. The van der Waals surface area contributed by atoms with E-state index in [4.69, 9.17) is 0 Å². The maximum Gasteiger partial charge on any atom is 0.258 e.